The lowest BCUT2D eigenvalue weighted by molar-refractivity contribution is 0.480. The topological polar surface area (TPSA) is 90.3 Å². The van der Waals surface area contributed by atoms with E-state index in [9.17, 15) is 13.2 Å². The molecule has 0 aliphatic rings. The fourth-order valence-corrected chi connectivity index (χ4v) is 4.23. The van der Waals surface area contributed by atoms with Crippen LogP contribution in [-0.4, -0.2) is 23.7 Å². The summed E-state index contributed by atoms with van der Waals surface area (Å²) in [6.45, 7) is 3.55. The van der Waals surface area contributed by atoms with Gasteiger partial charge in [0.15, 0.2) is 0 Å². The molecule has 9 heteroatoms. The van der Waals surface area contributed by atoms with Crippen molar-refractivity contribution in [2.24, 2.45) is 7.05 Å². The molecule has 0 saturated carbocycles. The van der Waals surface area contributed by atoms with Crippen LogP contribution in [0.2, 0.25) is 5.02 Å². The molecule has 0 fully saturated rings. The Bertz CT molecular complexity index is 1210. The number of aromatic nitrogens is 2. The van der Waals surface area contributed by atoms with Gasteiger partial charge >= 0.3 is 0 Å². The molecule has 0 aliphatic heterocycles. The van der Waals surface area contributed by atoms with Gasteiger partial charge in [-0.15, -0.1) is 0 Å². The van der Waals surface area contributed by atoms with Crippen LogP contribution in [0.15, 0.2) is 41.5 Å². The fraction of sp³-hybridized carbons (Fsp3) is 0.263. The summed E-state index contributed by atoms with van der Waals surface area (Å²) in [6, 6.07) is 8.23. The van der Waals surface area contributed by atoms with Crippen molar-refractivity contribution in [2.75, 3.05) is 10.5 Å². The summed E-state index contributed by atoms with van der Waals surface area (Å²) in [5, 5.41) is 0.596. The van der Waals surface area contributed by atoms with Crippen molar-refractivity contribution in [1.29, 1.82) is 0 Å². The zero-order chi connectivity index (χ0) is 20.5. The maximum absolute atomic E-state index is 12.5. The van der Waals surface area contributed by atoms with E-state index in [0.717, 1.165) is 0 Å². The highest BCUT2D eigenvalue weighted by atomic mass is 35.5. The van der Waals surface area contributed by atoms with Gasteiger partial charge in [-0.1, -0.05) is 24.6 Å². The number of nitrogens with zero attached hydrogens (tertiary/aromatic N) is 2. The third-order valence-electron chi connectivity index (χ3n) is 4.22. The maximum Gasteiger partial charge on any atom is 0.261 e. The van der Waals surface area contributed by atoms with Crippen molar-refractivity contribution in [3.8, 4) is 11.5 Å². The zero-order valence-corrected chi connectivity index (χ0v) is 17.3. The minimum absolute atomic E-state index is 0.00547. The molecular weight excluding hydrogens is 402 g/mol. The molecule has 2 aromatic carbocycles. The van der Waals surface area contributed by atoms with Gasteiger partial charge in [0.1, 0.15) is 16.5 Å². The Kier molecular flexibility index (Phi) is 5.62. The molecule has 28 heavy (non-hydrogen) atoms. The maximum atomic E-state index is 12.5. The van der Waals surface area contributed by atoms with Crippen molar-refractivity contribution in [3.05, 3.63) is 57.6 Å². The number of fused-ring (bicyclic) bond motifs is 1. The summed E-state index contributed by atoms with van der Waals surface area (Å²) >= 11 is 6.36. The third kappa shape index (κ3) is 3.98. The largest absolute Gasteiger partial charge is 0.455 e. The normalized spacial score (nSPS) is 11.6. The molecule has 148 valence electrons. The first-order chi connectivity index (χ1) is 13.2. The number of halogens is 1. The Morgan fingerprint density at radius 2 is 1.96 bits per heavy atom. The second-order valence-corrected chi connectivity index (χ2v) is 8.60. The second-order valence-electron chi connectivity index (χ2n) is 6.38. The van der Waals surface area contributed by atoms with E-state index in [2.05, 4.69) is 9.71 Å². The monoisotopic (exact) mass is 421 g/mol. The minimum atomic E-state index is -3.49. The van der Waals surface area contributed by atoms with E-state index in [-0.39, 0.29) is 27.8 Å². The second kappa shape index (κ2) is 7.81. The summed E-state index contributed by atoms with van der Waals surface area (Å²) in [6.07, 6.45) is 1.95. The van der Waals surface area contributed by atoms with Gasteiger partial charge in [0, 0.05) is 12.6 Å². The Morgan fingerprint density at radius 1 is 1.21 bits per heavy atom. The lowest BCUT2D eigenvalue weighted by Gasteiger charge is -2.15. The molecular formula is C19H20ClN3O4S. The molecule has 7 nitrogen and oxygen atoms in total. The van der Waals surface area contributed by atoms with E-state index in [0.29, 0.717) is 28.6 Å². The fourth-order valence-electron chi connectivity index (χ4n) is 2.82. The number of aryl methyl sites for hydroxylation is 2. The molecule has 1 N–H and O–H groups in total. The Balaban J connectivity index is 2.01. The molecule has 0 bridgehead atoms. The zero-order valence-electron chi connectivity index (χ0n) is 15.7. The summed E-state index contributed by atoms with van der Waals surface area (Å²) in [5.41, 5.74) is 1.25. The van der Waals surface area contributed by atoms with Crippen LogP contribution in [0.5, 0.6) is 11.5 Å². The van der Waals surface area contributed by atoms with E-state index in [1.807, 2.05) is 0 Å². The number of hydrogen-bond donors (Lipinski definition) is 1. The number of rotatable bonds is 6. The van der Waals surface area contributed by atoms with Gasteiger partial charge in [-0.05, 0) is 37.6 Å². The van der Waals surface area contributed by atoms with Crippen LogP contribution in [-0.2, 0) is 17.1 Å². The van der Waals surface area contributed by atoms with Crippen LogP contribution in [0.3, 0.4) is 0 Å². The number of sulfonamides is 1. The molecule has 3 rings (SSSR count). The van der Waals surface area contributed by atoms with Crippen LogP contribution in [0.4, 0.5) is 5.69 Å². The lowest BCUT2D eigenvalue weighted by atomic mass is 10.1. The van der Waals surface area contributed by atoms with Crippen molar-refractivity contribution in [3.63, 3.8) is 0 Å². The van der Waals surface area contributed by atoms with E-state index in [1.54, 1.807) is 51.2 Å². The quantitative estimate of drug-likeness (QED) is 0.653. The number of nitrogens with one attached hydrogen (secondary N) is 1. The highest BCUT2D eigenvalue weighted by molar-refractivity contribution is 7.92. The Labute approximate surface area is 168 Å². The standard InChI is InChI=1S/C19H20ClN3O4S/c1-4-10-28(25,26)22-14-6-5-7-16(18(14)20)27-15-9-8-13-17(12(15)2)19(24)23(3)11-21-13/h5-9,11,22H,4,10H2,1-3H3. The lowest BCUT2D eigenvalue weighted by Crippen LogP contribution is -2.18. The number of hydrogen-bond acceptors (Lipinski definition) is 5. The molecule has 1 aromatic heterocycles. The molecule has 0 spiro atoms. The van der Waals surface area contributed by atoms with Gasteiger partial charge in [0.05, 0.1) is 28.7 Å². The predicted molar refractivity (Wildman–Crippen MR) is 111 cm³/mol. The van der Waals surface area contributed by atoms with Gasteiger partial charge in [0.2, 0.25) is 10.0 Å². The van der Waals surface area contributed by atoms with Gasteiger partial charge in [-0.25, -0.2) is 13.4 Å². The molecule has 3 aromatic rings. The van der Waals surface area contributed by atoms with Gasteiger partial charge in [-0.2, -0.15) is 0 Å². The molecule has 0 aliphatic carbocycles. The van der Waals surface area contributed by atoms with E-state index < -0.39 is 10.0 Å². The SMILES string of the molecule is CCCS(=O)(=O)Nc1cccc(Oc2ccc3ncn(C)c(=O)c3c2C)c1Cl. The summed E-state index contributed by atoms with van der Waals surface area (Å²) in [4.78, 5) is 16.7. The number of anilines is 1. The first-order valence-electron chi connectivity index (χ1n) is 8.65. The minimum Gasteiger partial charge on any atom is -0.455 e. The molecule has 0 radical (unpaired) electrons. The van der Waals surface area contributed by atoms with Crippen molar-refractivity contribution < 1.29 is 13.2 Å². The first kappa shape index (κ1) is 20.2. The summed E-state index contributed by atoms with van der Waals surface area (Å²) in [7, 11) is -1.86. The van der Waals surface area contributed by atoms with Crippen molar-refractivity contribution in [1.82, 2.24) is 9.55 Å². The van der Waals surface area contributed by atoms with Crippen LogP contribution in [0, 0.1) is 6.92 Å². The Hall–Kier alpha value is -2.58. The molecule has 0 unspecified atom stereocenters. The van der Waals surface area contributed by atoms with Gasteiger partial charge < -0.3 is 9.30 Å². The summed E-state index contributed by atoms with van der Waals surface area (Å²) in [5.74, 6) is 0.712. The molecule has 0 atom stereocenters. The van der Waals surface area contributed by atoms with Crippen molar-refractivity contribution in [2.45, 2.75) is 20.3 Å². The highest BCUT2D eigenvalue weighted by Crippen LogP contribution is 2.37. The summed E-state index contributed by atoms with van der Waals surface area (Å²) < 4.78 is 33.9. The van der Waals surface area contributed by atoms with E-state index in [1.165, 1.54) is 10.9 Å². The van der Waals surface area contributed by atoms with Crippen molar-refractivity contribution >= 4 is 38.2 Å². The average molecular weight is 422 g/mol. The third-order valence-corrected chi connectivity index (χ3v) is 6.09. The Morgan fingerprint density at radius 3 is 2.68 bits per heavy atom. The van der Waals surface area contributed by atoms with Crippen LogP contribution in [0.1, 0.15) is 18.9 Å². The van der Waals surface area contributed by atoms with E-state index >= 15 is 0 Å². The first-order valence-corrected chi connectivity index (χ1v) is 10.7. The van der Waals surface area contributed by atoms with Gasteiger partial charge in [-0.3, -0.25) is 9.52 Å². The van der Waals surface area contributed by atoms with Crippen LogP contribution in [0.25, 0.3) is 10.9 Å². The number of ether oxygens (including phenoxy) is 1. The van der Waals surface area contributed by atoms with Crippen LogP contribution < -0.4 is 15.0 Å². The number of benzene rings is 2. The smallest absolute Gasteiger partial charge is 0.261 e. The predicted octanol–water partition coefficient (Wildman–Crippen LogP) is 3.84. The van der Waals surface area contributed by atoms with E-state index in [4.69, 9.17) is 16.3 Å². The van der Waals surface area contributed by atoms with Crippen LogP contribution >= 0.6 is 11.6 Å². The van der Waals surface area contributed by atoms with Gasteiger partial charge in [0.25, 0.3) is 5.56 Å². The molecule has 1 heterocycles. The molecule has 0 saturated heterocycles. The molecule has 0 amide bonds. The highest BCUT2D eigenvalue weighted by Gasteiger charge is 2.16. The average Bonchev–Trinajstić information content (AvgIpc) is 2.63.